The molecular formula is C32H32N4O10. The summed E-state index contributed by atoms with van der Waals surface area (Å²) >= 11 is 0. The topological polar surface area (TPSA) is 229 Å². The van der Waals surface area contributed by atoms with Crippen molar-refractivity contribution in [2.24, 2.45) is 17.6 Å². The van der Waals surface area contributed by atoms with Crippen molar-refractivity contribution in [3.63, 3.8) is 0 Å². The van der Waals surface area contributed by atoms with Crippen molar-refractivity contribution >= 4 is 34.9 Å². The number of anilines is 2. The van der Waals surface area contributed by atoms with Gasteiger partial charge in [-0.25, -0.2) is 4.98 Å². The van der Waals surface area contributed by atoms with Crippen LogP contribution in [-0.2, 0) is 14.4 Å². The van der Waals surface area contributed by atoms with E-state index < -0.39 is 81.4 Å². The average molecular weight is 633 g/mol. The van der Waals surface area contributed by atoms with Crippen LogP contribution >= 0.6 is 0 Å². The maximum atomic E-state index is 14.2. The fourth-order valence-electron chi connectivity index (χ4n) is 7.05. The Balaban J connectivity index is 1.44. The maximum Gasteiger partial charge on any atom is 0.299 e. The number of fused-ring (bicyclic) bond motifs is 3. The summed E-state index contributed by atoms with van der Waals surface area (Å²) in [5.74, 6) is -8.59. The second-order valence-corrected chi connectivity index (χ2v) is 11.9. The number of Topliss-reactive ketones (excluding diaryl/α,β-unsaturated/α-hetero) is 2. The molecule has 1 amide bonds. The molecule has 3 aromatic rings. The first-order valence-electron chi connectivity index (χ1n) is 14.3. The smallest absolute Gasteiger partial charge is 0.299 e. The number of rotatable bonds is 6. The van der Waals surface area contributed by atoms with Gasteiger partial charge in [-0.15, -0.1) is 0 Å². The molecule has 8 N–H and O–H groups in total. The summed E-state index contributed by atoms with van der Waals surface area (Å²) in [5.41, 5.74) is 1.86. The summed E-state index contributed by atoms with van der Waals surface area (Å²) in [6.07, 6.45) is -0.208. The third kappa shape index (κ3) is 4.21. The van der Waals surface area contributed by atoms with Gasteiger partial charge in [0, 0.05) is 17.1 Å². The van der Waals surface area contributed by atoms with Crippen LogP contribution < -0.4 is 15.8 Å². The zero-order chi connectivity index (χ0) is 33.4. The Morgan fingerprint density at radius 1 is 1.11 bits per heavy atom. The lowest BCUT2D eigenvalue weighted by atomic mass is 9.54. The van der Waals surface area contributed by atoms with Gasteiger partial charge in [0.05, 0.1) is 42.6 Å². The Bertz CT molecular complexity index is 1860. The SMILES string of the molecule is COc1ccc(-c2cnc(Nc3ccc4c(c3O)C(O)=C3C(=O)[C@@]5(O)C(O)=C(C(N)=O)C(=O)[C@H](N(C)C)[C@H]5[C@H](O)[C@H]3[C@@H]4C)o2)cc1. The number of aromatic hydroxyl groups is 1. The molecule has 0 radical (unpaired) electrons. The molecule has 0 saturated heterocycles. The lowest BCUT2D eigenvalue weighted by molar-refractivity contribution is -0.169. The highest BCUT2D eigenvalue weighted by Crippen LogP contribution is 2.56. The normalized spacial score (nSPS) is 27.3. The van der Waals surface area contributed by atoms with Crippen molar-refractivity contribution in [2.75, 3.05) is 26.5 Å². The number of phenols is 1. The van der Waals surface area contributed by atoms with Gasteiger partial charge in [-0.05, 0) is 55.9 Å². The van der Waals surface area contributed by atoms with Gasteiger partial charge in [0.15, 0.2) is 17.1 Å². The van der Waals surface area contributed by atoms with E-state index in [4.69, 9.17) is 14.9 Å². The maximum absolute atomic E-state index is 14.2. The molecule has 0 unspecified atom stereocenters. The fraction of sp³-hybridized carbons (Fsp3) is 0.312. The van der Waals surface area contributed by atoms with Crippen LogP contribution in [-0.4, -0.2) is 91.8 Å². The van der Waals surface area contributed by atoms with Crippen LogP contribution in [0, 0.1) is 11.8 Å². The van der Waals surface area contributed by atoms with Gasteiger partial charge in [-0.3, -0.25) is 19.3 Å². The van der Waals surface area contributed by atoms with Crippen LogP contribution in [0.25, 0.3) is 17.1 Å². The van der Waals surface area contributed by atoms with Gasteiger partial charge in [-0.2, -0.15) is 0 Å². The molecule has 1 aromatic heterocycles. The summed E-state index contributed by atoms with van der Waals surface area (Å²) in [4.78, 5) is 45.2. The summed E-state index contributed by atoms with van der Waals surface area (Å²) in [5, 5.41) is 60.4. The van der Waals surface area contributed by atoms with Crippen molar-refractivity contribution in [2.45, 2.75) is 30.6 Å². The number of likely N-dealkylation sites (N-methyl/N-ethyl adjacent to an activating group) is 1. The number of aromatic nitrogens is 1. The molecule has 1 heterocycles. The zero-order valence-electron chi connectivity index (χ0n) is 25.2. The number of ether oxygens (including phenoxy) is 1. The quantitative estimate of drug-likeness (QED) is 0.152. The monoisotopic (exact) mass is 632 g/mol. The van der Waals surface area contributed by atoms with E-state index in [1.165, 1.54) is 31.3 Å². The number of phenolic OH excluding ortho intramolecular Hbond substituents is 1. The van der Waals surface area contributed by atoms with Crippen LogP contribution in [0.15, 0.2) is 63.9 Å². The summed E-state index contributed by atoms with van der Waals surface area (Å²) in [6, 6.07) is 8.73. The number of methoxy groups -OCH3 is 1. The lowest BCUT2D eigenvalue weighted by Crippen LogP contribution is -2.70. The molecule has 14 nitrogen and oxygen atoms in total. The number of nitrogens with one attached hydrogen (secondary N) is 1. The van der Waals surface area contributed by atoms with Crippen LogP contribution in [0.3, 0.4) is 0 Å². The van der Waals surface area contributed by atoms with E-state index in [1.54, 1.807) is 44.4 Å². The van der Waals surface area contributed by atoms with Crippen LogP contribution in [0.5, 0.6) is 11.5 Å². The molecule has 14 heteroatoms. The molecular weight excluding hydrogens is 600 g/mol. The highest BCUT2D eigenvalue weighted by molar-refractivity contribution is 6.24. The minimum atomic E-state index is -2.99. The summed E-state index contributed by atoms with van der Waals surface area (Å²) in [7, 11) is 4.45. The molecule has 6 rings (SSSR count). The molecule has 46 heavy (non-hydrogen) atoms. The van der Waals surface area contributed by atoms with Crippen LogP contribution in [0.1, 0.15) is 24.0 Å². The van der Waals surface area contributed by atoms with Crippen molar-refractivity contribution in [1.29, 1.82) is 0 Å². The number of amides is 1. The standard InChI is InChI=1S/C32H32N4O10/c1-12-15-9-10-16(35-31-34-11-17(46-31)13-5-7-14(45-4)8-6-13)24(37)19(15)25(38)20-18(12)26(39)22-23(36(2)3)27(40)21(30(33)43)29(42)32(22,44)28(20)41/h5-12,18,22-23,26,37-39,42,44H,1-4H3,(H2,33,43)(H,34,35)/t12-,18+,22+,23-,26-,32-/m1/s1. The number of oxazole rings is 1. The number of carbonyl (C=O) groups is 3. The fourth-order valence-corrected chi connectivity index (χ4v) is 7.05. The number of nitrogens with two attached hydrogens (primary N) is 1. The Hall–Kier alpha value is -5.18. The third-order valence-electron chi connectivity index (χ3n) is 9.25. The number of hydrogen-bond acceptors (Lipinski definition) is 13. The number of benzene rings is 2. The third-order valence-corrected chi connectivity index (χ3v) is 9.25. The Labute approximate surface area is 262 Å². The van der Waals surface area contributed by atoms with Crippen molar-refractivity contribution in [3.8, 4) is 22.8 Å². The number of carbonyl (C=O) groups excluding carboxylic acids is 3. The van der Waals surface area contributed by atoms with Gasteiger partial charge in [0.1, 0.15) is 28.6 Å². The average Bonchev–Trinajstić information content (AvgIpc) is 3.48. The molecule has 1 saturated carbocycles. The first kappa shape index (κ1) is 30.8. The van der Waals surface area contributed by atoms with E-state index in [0.29, 0.717) is 22.6 Å². The van der Waals surface area contributed by atoms with Crippen LogP contribution in [0.2, 0.25) is 0 Å². The first-order valence-corrected chi connectivity index (χ1v) is 14.3. The second-order valence-electron chi connectivity index (χ2n) is 11.9. The number of nitrogens with zero attached hydrogens (tertiary/aromatic N) is 2. The Morgan fingerprint density at radius 2 is 1.78 bits per heavy atom. The molecule has 0 bridgehead atoms. The summed E-state index contributed by atoms with van der Waals surface area (Å²) < 4.78 is 11.0. The molecule has 0 spiro atoms. The Morgan fingerprint density at radius 3 is 2.39 bits per heavy atom. The molecule has 1 fully saturated rings. The van der Waals surface area contributed by atoms with Gasteiger partial charge >= 0.3 is 0 Å². The van der Waals surface area contributed by atoms with E-state index in [1.807, 2.05) is 0 Å². The molecule has 6 atom stereocenters. The van der Waals surface area contributed by atoms with Crippen molar-refractivity contribution in [1.82, 2.24) is 9.88 Å². The first-order chi connectivity index (χ1) is 21.7. The second kappa shape index (κ2) is 10.7. The van der Waals surface area contributed by atoms with E-state index in [-0.39, 0.29) is 17.3 Å². The zero-order valence-corrected chi connectivity index (χ0v) is 25.2. The molecule has 3 aliphatic rings. The van der Waals surface area contributed by atoms with Gasteiger partial charge in [0.25, 0.3) is 11.9 Å². The van der Waals surface area contributed by atoms with Crippen molar-refractivity contribution in [3.05, 3.63) is 70.6 Å². The number of hydrogen-bond donors (Lipinski definition) is 7. The van der Waals surface area contributed by atoms with E-state index >= 15 is 0 Å². The van der Waals surface area contributed by atoms with Crippen molar-refractivity contribution < 1.29 is 49.1 Å². The Kier molecular flexibility index (Phi) is 7.18. The lowest BCUT2D eigenvalue weighted by Gasteiger charge is -2.53. The van der Waals surface area contributed by atoms with Gasteiger partial charge in [0.2, 0.25) is 5.78 Å². The minimum Gasteiger partial charge on any atom is -0.508 e. The molecule has 0 aliphatic heterocycles. The molecule has 240 valence electrons. The summed E-state index contributed by atoms with van der Waals surface area (Å²) in [6.45, 7) is 1.65. The number of ketones is 2. The number of aliphatic hydroxyl groups is 4. The van der Waals surface area contributed by atoms with E-state index in [2.05, 4.69) is 10.3 Å². The minimum absolute atomic E-state index is 0.00639. The van der Waals surface area contributed by atoms with Gasteiger partial charge < -0.3 is 45.7 Å². The highest BCUT2D eigenvalue weighted by Gasteiger charge is 2.68. The number of primary amides is 1. The largest absolute Gasteiger partial charge is 0.508 e. The highest BCUT2D eigenvalue weighted by atomic mass is 16.5. The number of aliphatic hydroxyl groups excluding tert-OH is 3. The predicted octanol–water partition coefficient (Wildman–Crippen LogP) is 1.90. The van der Waals surface area contributed by atoms with Gasteiger partial charge in [-0.1, -0.05) is 13.0 Å². The van der Waals surface area contributed by atoms with Crippen LogP contribution in [0.4, 0.5) is 11.7 Å². The molecule has 2 aromatic carbocycles. The predicted molar refractivity (Wildman–Crippen MR) is 162 cm³/mol. The van der Waals surface area contributed by atoms with E-state index in [0.717, 1.165) is 0 Å². The molecule has 3 aliphatic carbocycles. The van der Waals surface area contributed by atoms with E-state index in [9.17, 15) is 39.9 Å².